The van der Waals surface area contributed by atoms with Gasteiger partial charge in [-0.15, -0.1) is 0 Å². The second kappa shape index (κ2) is 5.19. The molecule has 0 atom stereocenters. The van der Waals surface area contributed by atoms with Crippen LogP contribution in [0.5, 0.6) is 0 Å². The van der Waals surface area contributed by atoms with E-state index in [1.165, 1.54) is 0 Å². The van der Waals surface area contributed by atoms with Gasteiger partial charge < -0.3 is 5.73 Å². The lowest BCUT2D eigenvalue weighted by atomic mass is 10.1. The third-order valence-corrected chi connectivity index (χ3v) is 3.48. The van der Waals surface area contributed by atoms with Crippen LogP contribution in [0.15, 0.2) is 54.9 Å². The molecule has 100 valence electrons. The molecule has 0 spiro atoms. The first-order valence-electron chi connectivity index (χ1n) is 5.99. The van der Waals surface area contributed by atoms with E-state index in [-0.39, 0.29) is 0 Å². The maximum Gasteiger partial charge on any atom is 0.0876 e. The van der Waals surface area contributed by atoms with E-state index in [2.05, 4.69) is 5.10 Å². The van der Waals surface area contributed by atoms with Crippen LogP contribution in [0.25, 0.3) is 16.8 Å². The van der Waals surface area contributed by atoms with E-state index in [0.29, 0.717) is 15.7 Å². The normalized spacial score (nSPS) is 10.7. The summed E-state index contributed by atoms with van der Waals surface area (Å²) in [4.78, 5) is 0. The zero-order valence-electron chi connectivity index (χ0n) is 10.4. The highest BCUT2D eigenvalue weighted by atomic mass is 35.5. The van der Waals surface area contributed by atoms with Crippen LogP contribution in [-0.2, 0) is 0 Å². The van der Waals surface area contributed by atoms with Crippen molar-refractivity contribution in [2.45, 2.75) is 0 Å². The predicted octanol–water partition coefficient (Wildman–Crippen LogP) is 4.43. The number of hydrogen-bond acceptors (Lipinski definition) is 2. The summed E-state index contributed by atoms with van der Waals surface area (Å²) in [6, 6.07) is 13.0. The Hall–Kier alpha value is -1.97. The molecule has 2 aromatic carbocycles. The number of aromatic nitrogens is 2. The lowest BCUT2D eigenvalue weighted by molar-refractivity contribution is 0.883. The van der Waals surface area contributed by atoms with Crippen LogP contribution < -0.4 is 5.73 Å². The highest BCUT2D eigenvalue weighted by Crippen LogP contribution is 2.25. The number of benzene rings is 2. The van der Waals surface area contributed by atoms with Gasteiger partial charge in [0.1, 0.15) is 0 Å². The summed E-state index contributed by atoms with van der Waals surface area (Å²) in [5.41, 5.74) is 9.39. The van der Waals surface area contributed by atoms with Crippen molar-refractivity contribution in [3.63, 3.8) is 0 Å². The largest absolute Gasteiger partial charge is 0.397 e. The highest BCUT2D eigenvalue weighted by molar-refractivity contribution is 6.31. The minimum Gasteiger partial charge on any atom is -0.397 e. The summed E-state index contributed by atoms with van der Waals surface area (Å²) >= 11 is 11.8. The van der Waals surface area contributed by atoms with E-state index >= 15 is 0 Å². The summed E-state index contributed by atoms with van der Waals surface area (Å²) in [5, 5.41) is 5.66. The fourth-order valence-corrected chi connectivity index (χ4v) is 2.29. The number of nitrogen functional groups attached to an aromatic ring is 1. The van der Waals surface area contributed by atoms with Crippen LogP contribution in [-0.4, -0.2) is 9.78 Å². The SMILES string of the molecule is Nc1cc(Cl)ccc1-n1cc(-c2ccc(Cl)cc2)cn1. The molecule has 5 heteroatoms. The maximum absolute atomic E-state index is 5.96. The Labute approximate surface area is 126 Å². The standard InChI is InChI=1S/C15H11Cl2N3/c16-12-3-1-10(2-4-12)11-8-19-20(9-11)15-6-5-13(17)7-14(15)18/h1-9H,18H2. The molecule has 0 saturated carbocycles. The predicted molar refractivity (Wildman–Crippen MR) is 83.4 cm³/mol. The van der Waals surface area contributed by atoms with Crippen LogP contribution in [0.3, 0.4) is 0 Å². The summed E-state index contributed by atoms with van der Waals surface area (Å²) < 4.78 is 1.73. The van der Waals surface area contributed by atoms with Gasteiger partial charge in [-0.25, -0.2) is 4.68 Å². The van der Waals surface area contributed by atoms with Crippen molar-refractivity contribution < 1.29 is 0 Å². The van der Waals surface area contributed by atoms with Gasteiger partial charge in [-0.2, -0.15) is 5.10 Å². The van der Waals surface area contributed by atoms with E-state index in [9.17, 15) is 0 Å². The zero-order valence-corrected chi connectivity index (χ0v) is 11.9. The molecule has 0 aliphatic rings. The first kappa shape index (κ1) is 13.0. The average molecular weight is 304 g/mol. The molecule has 1 heterocycles. The number of nitrogens with zero attached hydrogens (tertiary/aromatic N) is 2. The summed E-state index contributed by atoms with van der Waals surface area (Å²) in [7, 11) is 0. The van der Waals surface area contributed by atoms with Gasteiger partial charge in [0.05, 0.1) is 17.6 Å². The van der Waals surface area contributed by atoms with Gasteiger partial charge in [-0.05, 0) is 35.9 Å². The molecule has 0 saturated heterocycles. The second-order valence-electron chi connectivity index (χ2n) is 4.38. The molecule has 0 fully saturated rings. The zero-order chi connectivity index (χ0) is 14.1. The Kier molecular flexibility index (Phi) is 3.38. The van der Waals surface area contributed by atoms with Gasteiger partial charge in [-0.1, -0.05) is 35.3 Å². The second-order valence-corrected chi connectivity index (χ2v) is 5.26. The van der Waals surface area contributed by atoms with Crippen molar-refractivity contribution in [3.8, 4) is 16.8 Å². The molecular formula is C15H11Cl2N3. The van der Waals surface area contributed by atoms with Crippen molar-refractivity contribution in [3.05, 3.63) is 64.9 Å². The topological polar surface area (TPSA) is 43.8 Å². The van der Waals surface area contributed by atoms with E-state index in [4.69, 9.17) is 28.9 Å². The lowest BCUT2D eigenvalue weighted by Gasteiger charge is -2.05. The summed E-state index contributed by atoms with van der Waals surface area (Å²) in [5.74, 6) is 0. The van der Waals surface area contributed by atoms with E-state index < -0.39 is 0 Å². The van der Waals surface area contributed by atoms with Crippen molar-refractivity contribution in [2.24, 2.45) is 0 Å². The Morgan fingerprint density at radius 2 is 1.60 bits per heavy atom. The fraction of sp³-hybridized carbons (Fsp3) is 0. The molecule has 0 bridgehead atoms. The van der Waals surface area contributed by atoms with Crippen molar-refractivity contribution in [1.29, 1.82) is 0 Å². The van der Waals surface area contributed by atoms with E-state index in [1.54, 1.807) is 23.0 Å². The molecule has 3 rings (SSSR count). The van der Waals surface area contributed by atoms with Crippen molar-refractivity contribution in [2.75, 3.05) is 5.73 Å². The van der Waals surface area contributed by atoms with E-state index in [0.717, 1.165) is 16.8 Å². The van der Waals surface area contributed by atoms with Gasteiger partial charge in [0, 0.05) is 21.8 Å². The van der Waals surface area contributed by atoms with Crippen molar-refractivity contribution >= 4 is 28.9 Å². The smallest absolute Gasteiger partial charge is 0.0876 e. The minimum atomic E-state index is 0.586. The molecule has 0 amide bonds. The number of nitrogens with two attached hydrogens (primary N) is 1. The average Bonchev–Trinajstić information content (AvgIpc) is 2.89. The monoisotopic (exact) mass is 303 g/mol. The third kappa shape index (κ3) is 2.50. The molecule has 0 radical (unpaired) electrons. The minimum absolute atomic E-state index is 0.586. The number of anilines is 1. The van der Waals surface area contributed by atoms with Gasteiger partial charge in [-0.3, -0.25) is 0 Å². The van der Waals surface area contributed by atoms with Crippen LogP contribution >= 0.6 is 23.2 Å². The molecule has 20 heavy (non-hydrogen) atoms. The Morgan fingerprint density at radius 3 is 2.30 bits per heavy atom. The summed E-state index contributed by atoms with van der Waals surface area (Å²) in [6.45, 7) is 0. The number of hydrogen-bond donors (Lipinski definition) is 1. The van der Waals surface area contributed by atoms with Crippen LogP contribution in [0.1, 0.15) is 0 Å². The van der Waals surface area contributed by atoms with Gasteiger partial charge in [0.15, 0.2) is 0 Å². The Bertz CT molecular complexity index is 748. The quantitative estimate of drug-likeness (QED) is 0.712. The molecule has 2 N–H and O–H groups in total. The molecule has 0 aliphatic heterocycles. The van der Waals surface area contributed by atoms with Crippen LogP contribution in [0, 0.1) is 0 Å². The number of halogens is 2. The molecule has 0 unspecified atom stereocenters. The Morgan fingerprint density at radius 1 is 0.900 bits per heavy atom. The molecule has 3 nitrogen and oxygen atoms in total. The molecule has 3 aromatic rings. The first-order valence-corrected chi connectivity index (χ1v) is 6.75. The molecule has 1 aromatic heterocycles. The third-order valence-electron chi connectivity index (χ3n) is 3.00. The number of rotatable bonds is 2. The Balaban J connectivity index is 1.99. The molecule has 0 aliphatic carbocycles. The lowest BCUT2D eigenvalue weighted by Crippen LogP contribution is -1.99. The van der Waals surface area contributed by atoms with Gasteiger partial charge in [0.2, 0.25) is 0 Å². The van der Waals surface area contributed by atoms with Crippen molar-refractivity contribution in [1.82, 2.24) is 9.78 Å². The van der Waals surface area contributed by atoms with Crippen LogP contribution in [0.4, 0.5) is 5.69 Å². The maximum atomic E-state index is 5.96. The van der Waals surface area contributed by atoms with Gasteiger partial charge in [0.25, 0.3) is 0 Å². The molecular weight excluding hydrogens is 293 g/mol. The summed E-state index contributed by atoms with van der Waals surface area (Å²) in [6.07, 6.45) is 3.71. The van der Waals surface area contributed by atoms with Gasteiger partial charge >= 0.3 is 0 Å². The fourth-order valence-electron chi connectivity index (χ4n) is 1.98. The van der Waals surface area contributed by atoms with E-state index in [1.807, 2.05) is 36.5 Å². The first-order chi connectivity index (χ1) is 9.63. The van der Waals surface area contributed by atoms with Crippen LogP contribution in [0.2, 0.25) is 10.0 Å². The highest BCUT2D eigenvalue weighted by Gasteiger charge is 2.06.